The molecule has 36 heavy (non-hydrogen) atoms. The van der Waals surface area contributed by atoms with Crippen LogP contribution in [0.15, 0.2) is 48.6 Å². The second kappa shape index (κ2) is 13.2. The summed E-state index contributed by atoms with van der Waals surface area (Å²) in [5, 5.41) is 2.96. The van der Waals surface area contributed by atoms with Crippen LogP contribution in [-0.4, -0.2) is 64.8 Å². The molecule has 3 rings (SSSR count). The predicted octanol–water partition coefficient (Wildman–Crippen LogP) is 3.80. The van der Waals surface area contributed by atoms with Gasteiger partial charge in [0.1, 0.15) is 0 Å². The van der Waals surface area contributed by atoms with Crippen molar-refractivity contribution in [2.75, 3.05) is 48.1 Å². The molecule has 192 valence electrons. The third kappa shape index (κ3) is 7.28. The van der Waals surface area contributed by atoms with Crippen LogP contribution in [0.5, 0.6) is 23.0 Å². The van der Waals surface area contributed by atoms with Crippen molar-refractivity contribution in [3.8, 4) is 23.0 Å². The standard InChI is InChI=1S/C28H34N2O6/c1-33-23-9-5-20(17-25(23)35-3)7-11-27(31)29-19-22-13-15-30(16-14-22)28(32)12-8-21-6-10-24(34-2)26(18-21)36-4/h5-12,17-18,22H,13-16,19H2,1-4H3,(H,29,31)/b11-7-,12-8+. The molecule has 1 heterocycles. The zero-order valence-electron chi connectivity index (χ0n) is 21.3. The van der Waals surface area contributed by atoms with Crippen molar-refractivity contribution in [1.29, 1.82) is 0 Å². The van der Waals surface area contributed by atoms with Crippen LogP contribution in [0.4, 0.5) is 0 Å². The van der Waals surface area contributed by atoms with E-state index >= 15 is 0 Å². The number of hydrogen-bond donors (Lipinski definition) is 1. The molecule has 0 aliphatic carbocycles. The molecular formula is C28H34N2O6. The number of amides is 2. The smallest absolute Gasteiger partial charge is 0.246 e. The molecule has 8 heteroatoms. The van der Waals surface area contributed by atoms with Gasteiger partial charge in [-0.05, 0) is 66.3 Å². The Bertz CT molecular complexity index is 1100. The van der Waals surface area contributed by atoms with Crippen LogP contribution in [0.25, 0.3) is 12.2 Å². The number of nitrogens with one attached hydrogen (secondary N) is 1. The number of hydrogen-bond acceptors (Lipinski definition) is 6. The molecule has 1 aliphatic rings. The van der Waals surface area contributed by atoms with Gasteiger partial charge in [-0.1, -0.05) is 12.1 Å². The number of likely N-dealkylation sites (tertiary alicyclic amines) is 1. The molecule has 0 spiro atoms. The monoisotopic (exact) mass is 494 g/mol. The number of methoxy groups -OCH3 is 4. The van der Waals surface area contributed by atoms with E-state index in [1.807, 2.05) is 35.2 Å². The maximum Gasteiger partial charge on any atom is 0.246 e. The molecule has 1 saturated heterocycles. The van der Waals surface area contributed by atoms with Crippen molar-refractivity contribution in [1.82, 2.24) is 10.2 Å². The van der Waals surface area contributed by atoms with Gasteiger partial charge in [0.25, 0.3) is 0 Å². The average molecular weight is 495 g/mol. The number of nitrogens with zero attached hydrogens (tertiary/aromatic N) is 1. The zero-order chi connectivity index (χ0) is 25.9. The molecule has 0 unspecified atom stereocenters. The minimum atomic E-state index is -0.152. The van der Waals surface area contributed by atoms with Gasteiger partial charge in [0.2, 0.25) is 11.8 Å². The molecule has 1 N–H and O–H groups in total. The first-order valence-electron chi connectivity index (χ1n) is 11.8. The fourth-order valence-corrected chi connectivity index (χ4v) is 4.02. The van der Waals surface area contributed by atoms with Crippen LogP contribution in [-0.2, 0) is 9.59 Å². The Balaban J connectivity index is 1.43. The normalized spacial score (nSPS) is 14.2. The summed E-state index contributed by atoms with van der Waals surface area (Å²) in [5.41, 5.74) is 1.70. The summed E-state index contributed by atoms with van der Waals surface area (Å²) in [6, 6.07) is 11.0. The second-order valence-corrected chi connectivity index (χ2v) is 8.41. The summed E-state index contributed by atoms with van der Waals surface area (Å²) in [7, 11) is 6.32. The fourth-order valence-electron chi connectivity index (χ4n) is 4.02. The maximum absolute atomic E-state index is 12.6. The SMILES string of the molecule is COc1ccc(/C=C\C(=O)NCC2CCN(C(=O)/C=C/c3ccc(OC)c(OC)c3)CC2)cc1OC. The lowest BCUT2D eigenvalue weighted by atomic mass is 9.96. The van der Waals surface area contributed by atoms with Gasteiger partial charge in [0.15, 0.2) is 23.0 Å². The highest BCUT2D eigenvalue weighted by Crippen LogP contribution is 2.29. The minimum Gasteiger partial charge on any atom is -0.493 e. The first-order valence-corrected chi connectivity index (χ1v) is 11.8. The predicted molar refractivity (Wildman–Crippen MR) is 139 cm³/mol. The first-order chi connectivity index (χ1) is 17.5. The summed E-state index contributed by atoms with van der Waals surface area (Å²) in [6.45, 7) is 1.91. The van der Waals surface area contributed by atoms with Gasteiger partial charge in [-0.15, -0.1) is 0 Å². The van der Waals surface area contributed by atoms with Gasteiger partial charge in [-0.3, -0.25) is 9.59 Å². The van der Waals surface area contributed by atoms with Crippen molar-refractivity contribution in [2.24, 2.45) is 5.92 Å². The van der Waals surface area contributed by atoms with Crippen LogP contribution < -0.4 is 24.3 Å². The molecule has 1 aliphatic heterocycles. The van der Waals surface area contributed by atoms with Gasteiger partial charge < -0.3 is 29.2 Å². The fraction of sp³-hybridized carbons (Fsp3) is 0.357. The Morgan fingerprint density at radius 3 is 1.81 bits per heavy atom. The molecule has 8 nitrogen and oxygen atoms in total. The Morgan fingerprint density at radius 1 is 0.806 bits per heavy atom. The number of ether oxygens (including phenoxy) is 4. The van der Waals surface area contributed by atoms with Crippen molar-refractivity contribution in [3.05, 3.63) is 59.7 Å². The topological polar surface area (TPSA) is 86.3 Å². The summed E-state index contributed by atoms with van der Waals surface area (Å²) in [5.74, 6) is 2.68. The van der Waals surface area contributed by atoms with Crippen LogP contribution in [0, 0.1) is 5.92 Å². The van der Waals surface area contributed by atoms with Crippen molar-refractivity contribution < 1.29 is 28.5 Å². The van der Waals surface area contributed by atoms with E-state index in [9.17, 15) is 9.59 Å². The van der Waals surface area contributed by atoms with E-state index in [0.29, 0.717) is 48.6 Å². The van der Waals surface area contributed by atoms with E-state index in [0.717, 1.165) is 24.0 Å². The summed E-state index contributed by atoms with van der Waals surface area (Å²) >= 11 is 0. The largest absolute Gasteiger partial charge is 0.493 e. The van der Waals surface area contributed by atoms with Crippen molar-refractivity contribution >= 4 is 24.0 Å². The average Bonchev–Trinajstić information content (AvgIpc) is 2.93. The maximum atomic E-state index is 12.6. The lowest BCUT2D eigenvalue weighted by Crippen LogP contribution is -2.40. The molecule has 1 fully saturated rings. The first kappa shape index (κ1) is 26.7. The molecule has 0 saturated carbocycles. The highest BCUT2D eigenvalue weighted by Gasteiger charge is 2.21. The molecule has 2 amide bonds. The van der Waals surface area contributed by atoms with Gasteiger partial charge in [-0.2, -0.15) is 0 Å². The van der Waals surface area contributed by atoms with Gasteiger partial charge in [-0.25, -0.2) is 0 Å². The molecule has 2 aromatic carbocycles. The summed E-state index contributed by atoms with van der Waals surface area (Å²) < 4.78 is 21.1. The Hall–Kier alpha value is -3.94. The summed E-state index contributed by atoms with van der Waals surface area (Å²) in [6.07, 6.45) is 8.30. The molecule has 0 atom stereocenters. The number of carbonyl (C=O) groups excluding carboxylic acids is 2. The lowest BCUT2D eigenvalue weighted by Gasteiger charge is -2.31. The molecule has 2 aromatic rings. The van der Waals surface area contributed by atoms with E-state index in [1.165, 1.54) is 6.08 Å². The Labute approximate surface area is 212 Å². The van der Waals surface area contributed by atoms with E-state index in [1.54, 1.807) is 52.7 Å². The summed E-state index contributed by atoms with van der Waals surface area (Å²) in [4.78, 5) is 26.7. The quantitative estimate of drug-likeness (QED) is 0.506. The third-order valence-corrected chi connectivity index (χ3v) is 6.15. The van der Waals surface area contributed by atoms with Crippen LogP contribution in [0.1, 0.15) is 24.0 Å². The van der Waals surface area contributed by atoms with Crippen LogP contribution >= 0.6 is 0 Å². The number of carbonyl (C=O) groups is 2. The van der Waals surface area contributed by atoms with Gasteiger partial charge in [0, 0.05) is 31.8 Å². The molecule has 0 radical (unpaired) electrons. The number of rotatable bonds is 10. The van der Waals surface area contributed by atoms with E-state index in [4.69, 9.17) is 18.9 Å². The minimum absolute atomic E-state index is 0.0230. The number of piperidine rings is 1. The van der Waals surface area contributed by atoms with Crippen LogP contribution in [0.2, 0.25) is 0 Å². The molecular weight excluding hydrogens is 460 g/mol. The van der Waals surface area contributed by atoms with Crippen LogP contribution in [0.3, 0.4) is 0 Å². The highest BCUT2D eigenvalue weighted by molar-refractivity contribution is 5.92. The Morgan fingerprint density at radius 2 is 1.31 bits per heavy atom. The molecule has 0 bridgehead atoms. The van der Waals surface area contributed by atoms with E-state index in [2.05, 4.69) is 5.32 Å². The van der Waals surface area contributed by atoms with Gasteiger partial charge >= 0.3 is 0 Å². The van der Waals surface area contributed by atoms with E-state index in [-0.39, 0.29) is 11.8 Å². The number of benzene rings is 2. The third-order valence-electron chi connectivity index (χ3n) is 6.15. The lowest BCUT2D eigenvalue weighted by molar-refractivity contribution is -0.127. The second-order valence-electron chi connectivity index (χ2n) is 8.41. The van der Waals surface area contributed by atoms with Crippen molar-refractivity contribution in [2.45, 2.75) is 12.8 Å². The Kier molecular flexibility index (Phi) is 9.80. The van der Waals surface area contributed by atoms with Gasteiger partial charge in [0.05, 0.1) is 28.4 Å². The van der Waals surface area contributed by atoms with E-state index < -0.39 is 0 Å². The molecule has 0 aromatic heterocycles. The zero-order valence-corrected chi connectivity index (χ0v) is 21.3. The van der Waals surface area contributed by atoms with Crippen molar-refractivity contribution in [3.63, 3.8) is 0 Å². The highest BCUT2D eigenvalue weighted by atomic mass is 16.5.